The maximum atomic E-state index is 12.6. The van der Waals surface area contributed by atoms with Gasteiger partial charge in [-0.15, -0.1) is 0 Å². The topological polar surface area (TPSA) is 94.0 Å². The molecular formula is C25H23N3O4. The molecule has 0 unspecified atom stereocenters. The second-order valence-electron chi connectivity index (χ2n) is 7.71. The first-order chi connectivity index (χ1) is 15.3. The minimum Gasteiger partial charge on any atom is -0.454 e. The molecule has 7 nitrogen and oxygen atoms in total. The van der Waals surface area contributed by atoms with Crippen LogP contribution in [-0.2, 0) is 4.74 Å². The first-order valence-electron chi connectivity index (χ1n) is 10.2. The Kier molecular flexibility index (Phi) is 5.48. The molecule has 4 rings (SSSR count). The van der Waals surface area contributed by atoms with Gasteiger partial charge < -0.3 is 9.72 Å². The molecule has 0 amide bonds. The number of nitrogens with one attached hydrogen (secondary N) is 1. The number of para-hydroxylation sites is 1. The van der Waals surface area contributed by atoms with Gasteiger partial charge in [-0.1, -0.05) is 18.2 Å². The van der Waals surface area contributed by atoms with Crippen molar-refractivity contribution in [2.45, 2.75) is 27.7 Å². The molecule has 2 aromatic heterocycles. The number of carbonyl (C=O) groups excluding carboxylic acids is 3. The summed E-state index contributed by atoms with van der Waals surface area (Å²) in [6.07, 6.45) is 0. The number of aromatic amines is 1. The molecule has 0 aliphatic heterocycles. The number of aromatic nitrogens is 3. The van der Waals surface area contributed by atoms with E-state index in [0.717, 1.165) is 17.0 Å². The van der Waals surface area contributed by atoms with Gasteiger partial charge in [0.2, 0.25) is 5.78 Å². The molecule has 0 saturated carbocycles. The number of fused-ring (bicyclic) bond motifs is 1. The lowest BCUT2D eigenvalue weighted by Gasteiger charge is -2.07. The summed E-state index contributed by atoms with van der Waals surface area (Å²) in [6, 6.07) is 15.0. The third kappa shape index (κ3) is 3.73. The lowest BCUT2D eigenvalue weighted by atomic mass is 10.1. The number of rotatable bonds is 6. The van der Waals surface area contributed by atoms with Crippen molar-refractivity contribution in [2.75, 3.05) is 6.61 Å². The van der Waals surface area contributed by atoms with Crippen molar-refractivity contribution in [1.82, 2.24) is 14.5 Å². The van der Waals surface area contributed by atoms with E-state index in [0.29, 0.717) is 27.9 Å². The number of hydrogen-bond donors (Lipinski definition) is 1. The zero-order valence-electron chi connectivity index (χ0n) is 18.4. The summed E-state index contributed by atoms with van der Waals surface area (Å²) in [6.45, 7) is 6.37. The van der Waals surface area contributed by atoms with E-state index < -0.39 is 18.4 Å². The predicted octanol–water partition coefficient (Wildman–Crippen LogP) is 4.52. The maximum absolute atomic E-state index is 12.6. The molecule has 0 atom stereocenters. The van der Waals surface area contributed by atoms with Crippen molar-refractivity contribution in [3.8, 4) is 5.69 Å². The van der Waals surface area contributed by atoms with E-state index in [1.165, 1.54) is 6.92 Å². The van der Waals surface area contributed by atoms with Crippen LogP contribution in [0.1, 0.15) is 55.2 Å². The summed E-state index contributed by atoms with van der Waals surface area (Å²) < 4.78 is 7.26. The van der Waals surface area contributed by atoms with Gasteiger partial charge >= 0.3 is 5.97 Å². The summed E-state index contributed by atoms with van der Waals surface area (Å²) >= 11 is 0. The lowest BCUT2D eigenvalue weighted by molar-refractivity contribution is 0.0473. The molecule has 7 heteroatoms. The minimum atomic E-state index is -0.611. The Balaban J connectivity index is 1.53. The molecule has 0 saturated heterocycles. The fourth-order valence-corrected chi connectivity index (χ4v) is 4.07. The number of imidazole rings is 1. The van der Waals surface area contributed by atoms with E-state index >= 15 is 0 Å². The van der Waals surface area contributed by atoms with Crippen LogP contribution in [0.15, 0.2) is 48.5 Å². The van der Waals surface area contributed by atoms with Gasteiger partial charge in [0.1, 0.15) is 5.82 Å². The van der Waals surface area contributed by atoms with E-state index in [-0.39, 0.29) is 11.5 Å². The van der Waals surface area contributed by atoms with Gasteiger partial charge in [0.05, 0.1) is 22.3 Å². The Hall–Kier alpha value is -4.00. The highest BCUT2D eigenvalue weighted by Crippen LogP contribution is 2.23. The molecular weight excluding hydrogens is 406 g/mol. The Morgan fingerprint density at radius 2 is 1.75 bits per heavy atom. The van der Waals surface area contributed by atoms with Gasteiger partial charge in [-0.25, -0.2) is 9.78 Å². The number of hydrogen-bond acceptors (Lipinski definition) is 5. The average molecular weight is 429 g/mol. The van der Waals surface area contributed by atoms with E-state index in [1.807, 2.05) is 47.9 Å². The summed E-state index contributed by atoms with van der Waals surface area (Å²) in [5.74, 6) is -0.326. The third-order valence-electron chi connectivity index (χ3n) is 5.48. The van der Waals surface area contributed by atoms with Crippen LogP contribution in [-0.4, -0.2) is 38.7 Å². The summed E-state index contributed by atoms with van der Waals surface area (Å²) in [4.78, 5) is 44.4. The van der Waals surface area contributed by atoms with Gasteiger partial charge in [-0.3, -0.25) is 14.2 Å². The van der Waals surface area contributed by atoms with Crippen LogP contribution in [0.2, 0.25) is 0 Å². The molecule has 162 valence electrons. The molecule has 0 aliphatic carbocycles. The molecule has 1 N–H and O–H groups in total. The van der Waals surface area contributed by atoms with Crippen molar-refractivity contribution in [2.24, 2.45) is 0 Å². The molecule has 4 aromatic rings. The van der Waals surface area contributed by atoms with Crippen molar-refractivity contribution < 1.29 is 19.1 Å². The van der Waals surface area contributed by atoms with Crippen LogP contribution in [0.5, 0.6) is 0 Å². The van der Waals surface area contributed by atoms with Gasteiger partial charge in [0.25, 0.3) is 0 Å². The number of ether oxygens (including phenoxy) is 1. The van der Waals surface area contributed by atoms with Crippen LogP contribution in [0.3, 0.4) is 0 Å². The van der Waals surface area contributed by atoms with Gasteiger partial charge in [-0.2, -0.15) is 0 Å². The highest BCUT2D eigenvalue weighted by molar-refractivity contribution is 6.04. The number of ketones is 2. The zero-order chi connectivity index (χ0) is 23.0. The molecule has 2 heterocycles. The third-order valence-corrected chi connectivity index (χ3v) is 5.48. The van der Waals surface area contributed by atoms with Crippen LogP contribution in [0.25, 0.3) is 16.7 Å². The SMILES string of the molecule is CC(=O)c1c(C)[nH]c(C(=O)COC(=O)c2ccc3c(c2)nc(C)n3-c2ccccc2)c1C. The Morgan fingerprint density at radius 1 is 1.03 bits per heavy atom. The molecule has 32 heavy (non-hydrogen) atoms. The highest BCUT2D eigenvalue weighted by Gasteiger charge is 2.21. The van der Waals surface area contributed by atoms with E-state index in [4.69, 9.17) is 4.74 Å². The monoisotopic (exact) mass is 429 g/mol. The second kappa shape index (κ2) is 8.26. The van der Waals surface area contributed by atoms with E-state index in [2.05, 4.69) is 9.97 Å². The maximum Gasteiger partial charge on any atom is 0.338 e. The summed E-state index contributed by atoms with van der Waals surface area (Å²) in [7, 11) is 0. The second-order valence-corrected chi connectivity index (χ2v) is 7.71. The largest absolute Gasteiger partial charge is 0.454 e. The van der Waals surface area contributed by atoms with Crippen molar-refractivity contribution in [3.63, 3.8) is 0 Å². The summed E-state index contributed by atoms with van der Waals surface area (Å²) in [5, 5.41) is 0. The number of Topliss-reactive ketones (excluding diaryl/α,β-unsaturated/α-hetero) is 2. The van der Waals surface area contributed by atoms with Crippen LogP contribution < -0.4 is 0 Å². The van der Waals surface area contributed by atoms with Crippen LogP contribution >= 0.6 is 0 Å². The number of H-pyrrole nitrogens is 1. The minimum absolute atomic E-state index is 0.120. The van der Waals surface area contributed by atoms with Crippen LogP contribution in [0, 0.1) is 20.8 Å². The average Bonchev–Trinajstić information content (AvgIpc) is 3.26. The number of benzene rings is 2. The molecule has 0 aliphatic rings. The summed E-state index contributed by atoms with van der Waals surface area (Å²) in [5.41, 5.74) is 4.80. The quantitative estimate of drug-likeness (QED) is 0.359. The first-order valence-corrected chi connectivity index (χ1v) is 10.2. The lowest BCUT2D eigenvalue weighted by Crippen LogP contribution is -2.15. The molecule has 0 bridgehead atoms. The fourth-order valence-electron chi connectivity index (χ4n) is 4.07. The highest BCUT2D eigenvalue weighted by atomic mass is 16.5. The zero-order valence-corrected chi connectivity index (χ0v) is 18.4. The van der Waals surface area contributed by atoms with Gasteiger partial charge in [-0.05, 0) is 63.6 Å². The molecule has 2 aromatic carbocycles. The fraction of sp³-hybridized carbons (Fsp3) is 0.200. The first kappa shape index (κ1) is 21.2. The van der Waals surface area contributed by atoms with Gasteiger partial charge in [0.15, 0.2) is 12.4 Å². The predicted molar refractivity (Wildman–Crippen MR) is 121 cm³/mol. The van der Waals surface area contributed by atoms with Crippen LogP contribution in [0.4, 0.5) is 0 Å². The number of aryl methyl sites for hydroxylation is 2. The number of esters is 1. The Labute approximate surface area is 185 Å². The van der Waals surface area contributed by atoms with Crippen molar-refractivity contribution >= 4 is 28.6 Å². The number of nitrogens with zero attached hydrogens (tertiary/aromatic N) is 2. The molecule has 0 spiro atoms. The normalized spacial score (nSPS) is 11.0. The molecule has 0 fully saturated rings. The van der Waals surface area contributed by atoms with Crippen molar-refractivity contribution in [3.05, 3.63) is 82.4 Å². The van der Waals surface area contributed by atoms with Crippen molar-refractivity contribution in [1.29, 1.82) is 0 Å². The standard InChI is InChI=1S/C25H23N3O4/c1-14-23(16(3)29)15(2)26-24(14)22(30)13-32-25(31)18-10-11-21-20(12-18)27-17(4)28(21)19-8-6-5-7-9-19/h5-12,26H,13H2,1-4H3. The Bertz CT molecular complexity index is 1360. The van der Waals surface area contributed by atoms with Gasteiger partial charge in [0, 0.05) is 16.9 Å². The molecule has 0 radical (unpaired) electrons. The van der Waals surface area contributed by atoms with E-state index in [9.17, 15) is 14.4 Å². The Morgan fingerprint density at radius 3 is 2.41 bits per heavy atom. The smallest absolute Gasteiger partial charge is 0.338 e. The van der Waals surface area contributed by atoms with E-state index in [1.54, 1.807) is 26.0 Å². The number of carbonyl (C=O) groups is 3.